The highest BCUT2D eigenvalue weighted by atomic mass is 35.5. The summed E-state index contributed by atoms with van der Waals surface area (Å²) in [5.41, 5.74) is -0.0728. The smallest absolute Gasteiger partial charge is 0.419 e. The van der Waals surface area contributed by atoms with E-state index in [1.807, 2.05) is 0 Å². The lowest BCUT2D eigenvalue weighted by Gasteiger charge is -2.12. The van der Waals surface area contributed by atoms with Crippen LogP contribution in [0.1, 0.15) is 11.1 Å². The Hall–Kier alpha value is -1.75. The normalized spacial score (nSPS) is 11.4. The topological polar surface area (TPSA) is 22.1 Å². The number of rotatable bonds is 3. The van der Waals surface area contributed by atoms with Crippen molar-refractivity contribution in [2.24, 2.45) is 0 Å². The number of halogens is 4. The minimum absolute atomic E-state index is 0.0885. The zero-order chi connectivity index (χ0) is 13.9. The van der Waals surface area contributed by atoms with Crippen molar-refractivity contribution in [1.82, 2.24) is 4.98 Å². The van der Waals surface area contributed by atoms with Gasteiger partial charge in [-0.2, -0.15) is 13.2 Å². The fourth-order valence-electron chi connectivity index (χ4n) is 1.45. The first-order valence-electron chi connectivity index (χ1n) is 5.35. The molecular formula is C13H9ClF3NO. The fourth-order valence-corrected chi connectivity index (χ4v) is 1.61. The molecule has 1 aromatic carbocycles. The van der Waals surface area contributed by atoms with E-state index in [9.17, 15) is 13.2 Å². The highest BCUT2D eigenvalue weighted by molar-refractivity contribution is 6.17. The van der Waals surface area contributed by atoms with Crippen LogP contribution in [0.25, 0.3) is 0 Å². The Kier molecular flexibility index (Phi) is 3.95. The van der Waals surface area contributed by atoms with E-state index in [-0.39, 0.29) is 17.5 Å². The van der Waals surface area contributed by atoms with E-state index in [0.717, 1.165) is 11.6 Å². The maximum atomic E-state index is 12.8. The highest BCUT2D eigenvalue weighted by Gasteiger charge is 2.34. The molecule has 0 bridgehead atoms. The number of hydrogen-bond donors (Lipinski definition) is 0. The van der Waals surface area contributed by atoms with Gasteiger partial charge in [0.15, 0.2) is 0 Å². The molecule has 19 heavy (non-hydrogen) atoms. The minimum Gasteiger partial charge on any atom is -0.438 e. The molecule has 2 nitrogen and oxygen atoms in total. The van der Waals surface area contributed by atoms with E-state index in [1.165, 1.54) is 30.5 Å². The molecule has 0 atom stereocenters. The number of hydrogen-bond acceptors (Lipinski definition) is 2. The van der Waals surface area contributed by atoms with Gasteiger partial charge in [-0.1, -0.05) is 18.2 Å². The summed E-state index contributed by atoms with van der Waals surface area (Å²) in [7, 11) is 0. The van der Waals surface area contributed by atoms with Crippen molar-refractivity contribution in [3.63, 3.8) is 0 Å². The fraction of sp³-hybridized carbons (Fsp3) is 0.154. The summed E-state index contributed by atoms with van der Waals surface area (Å²) in [4.78, 5) is 3.89. The van der Waals surface area contributed by atoms with Crippen LogP contribution in [0.5, 0.6) is 11.6 Å². The molecule has 2 rings (SSSR count). The number of aromatic nitrogens is 1. The van der Waals surface area contributed by atoms with Crippen LogP contribution in [-0.4, -0.2) is 4.98 Å². The van der Waals surface area contributed by atoms with Crippen LogP contribution in [0.2, 0.25) is 0 Å². The van der Waals surface area contributed by atoms with Gasteiger partial charge in [-0.3, -0.25) is 0 Å². The summed E-state index contributed by atoms with van der Waals surface area (Å²) in [6.07, 6.45) is -3.01. The van der Waals surface area contributed by atoms with Gasteiger partial charge in [-0.15, -0.1) is 11.6 Å². The number of ether oxygens (including phenoxy) is 1. The maximum absolute atomic E-state index is 12.8. The summed E-state index contributed by atoms with van der Waals surface area (Å²) < 4.78 is 43.4. The second-order valence-corrected chi connectivity index (χ2v) is 4.00. The molecule has 1 aromatic heterocycles. The van der Waals surface area contributed by atoms with Gasteiger partial charge in [-0.25, -0.2) is 4.98 Å². The lowest BCUT2D eigenvalue weighted by Crippen LogP contribution is -2.07. The average molecular weight is 288 g/mol. The molecule has 0 radical (unpaired) electrons. The van der Waals surface area contributed by atoms with Gasteiger partial charge < -0.3 is 4.74 Å². The Morgan fingerprint density at radius 2 is 1.84 bits per heavy atom. The summed E-state index contributed by atoms with van der Waals surface area (Å²) in [6, 6.07) is 8.11. The van der Waals surface area contributed by atoms with E-state index < -0.39 is 11.7 Å². The van der Waals surface area contributed by atoms with Crippen molar-refractivity contribution < 1.29 is 17.9 Å². The van der Waals surface area contributed by atoms with Crippen LogP contribution >= 0.6 is 11.6 Å². The van der Waals surface area contributed by atoms with Crippen LogP contribution in [0.3, 0.4) is 0 Å². The zero-order valence-corrected chi connectivity index (χ0v) is 10.4. The first-order valence-corrected chi connectivity index (χ1v) is 5.89. The van der Waals surface area contributed by atoms with Crippen molar-refractivity contribution in [2.45, 2.75) is 12.1 Å². The highest BCUT2D eigenvalue weighted by Crippen LogP contribution is 2.37. The molecule has 0 saturated heterocycles. The number of alkyl halides is 4. The van der Waals surface area contributed by atoms with Crippen molar-refractivity contribution >= 4 is 11.6 Å². The quantitative estimate of drug-likeness (QED) is 0.768. The van der Waals surface area contributed by atoms with Gasteiger partial charge in [0.05, 0.1) is 5.56 Å². The SMILES string of the molecule is FC(F)(F)c1ccccc1Oc1ccc(CCl)cn1. The molecule has 0 fully saturated rings. The standard InChI is InChI=1S/C13H9ClF3NO/c14-7-9-5-6-12(18-8-9)19-11-4-2-1-3-10(11)13(15,16)17/h1-6,8H,7H2. The molecule has 0 N–H and O–H groups in total. The van der Waals surface area contributed by atoms with Crippen molar-refractivity contribution in [3.8, 4) is 11.6 Å². The van der Waals surface area contributed by atoms with E-state index >= 15 is 0 Å². The Morgan fingerprint density at radius 1 is 1.11 bits per heavy atom. The minimum atomic E-state index is -4.47. The van der Waals surface area contributed by atoms with Gasteiger partial charge >= 0.3 is 6.18 Å². The van der Waals surface area contributed by atoms with Crippen molar-refractivity contribution in [3.05, 3.63) is 53.7 Å². The Bertz CT molecular complexity index is 555. The molecule has 2 aromatic rings. The predicted octanol–water partition coefficient (Wildman–Crippen LogP) is 4.63. The molecule has 0 aliphatic heterocycles. The molecule has 0 aliphatic rings. The second-order valence-electron chi connectivity index (χ2n) is 3.73. The number of para-hydroxylation sites is 1. The lowest BCUT2D eigenvalue weighted by molar-refractivity contribution is -0.138. The third kappa shape index (κ3) is 3.38. The molecular weight excluding hydrogens is 279 g/mol. The summed E-state index contributed by atoms with van der Waals surface area (Å²) in [6.45, 7) is 0. The van der Waals surface area contributed by atoms with Crippen LogP contribution in [-0.2, 0) is 12.1 Å². The van der Waals surface area contributed by atoms with Gasteiger partial charge in [-0.05, 0) is 17.7 Å². The molecule has 0 unspecified atom stereocenters. The summed E-state index contributed by atoms with van der Waals surface area (Å²) in [5, 5.41) is 0. The average Bonchev–Trinajstić information content (AvgIpc) is 2.39. The summed E-state index contributed by atoms with van der Waals surface area (Å²) in [5.74, 6) is 0.0959. The molecule has 0 aliphatic carbocycles. The van der Waals surface area contributed by atoms with Gasteiger partial charge in [0, 0.05) is 18.1 Å². The molecule has 0 amide bonds. The largest absolute Gasteiger partial charge is 0.438 e. The van der Waals surface area contributed by atoms with E-state index in [0.29, 0.717) is 0 Å². The van der Waals surface area contributed by atoms with Crippen molar-refractivity contribution in [2.75, 3.05) is 0 Å². The molecule has 1 heterocycles. The van der Waals surface area contributed by atoms with Crippen LogP contribution in [0.15, 0.2) is 42.6 Å². The van der Waals surface area contributed by atoms with E-state index in [1.54, 1.807) is 6.07 Å². The first-order chi connectivity index (χ1) is 9.00. The van der Waals surface area contributed by atoms with Crippen LogP contribution in [0, 0.1) is 0 Å². The molecule has 0 saturated carbocycles. The zero-order valence-electron chi connectivity index (χ0n) is 9.62. The van der Waals surface area contributed by atoms with Gasteiger partial charge in [0.1, 0.15) is 5.75 Å². The van der Waals surface area contributed by atoms with E-state index in [4.69, 9.17) is 16.3 Å². The van der Waals surface area contributed by atoms with Crippen LogP contribution < -0.4 is 4.74 Å². The maximum Gasteiger partial charge on any atom is 0.419 e. The third-order valence-electron chi connectivity index (χ3n) is 2.36. The second kappa shape index (κ2) is 5.48. The monoisotopic (exact) mass is 287 g/mol. The predicted molar refractivity (Wildman–Crippen MR) is 65.3 cm³/mol. The van der Waals surface area contributed by atoms with E-state index in [2.05, 4.69) is 4.98 Å². The number of pyridine rings is 1. The number of nitrogens with zero attached hydrogens (tertiary/aromatic N) is 1. The van der Waals surface area contributed by atoms with Crippen molar-refractivity contribution in [1.29, 1.82) is 0 Å². The number of benzene rings is 1. The third-order valence-corrected chi connectivity index (χ3v) is 2.67. The first kappa shape index (κ1) is 13.7. The van der Waals surface area contributed by atoms with Crippen LogP contribution in [0.4, 0.5) is 13.2 Å². The Morgan fingerprint density at radius 3 is 2.42 bits per heavy atom. The molecule has 0 spiro atoms. The molecule has 100 valence electrons. The summed E-state index contributed by atoms with van der Waals surface area (Å²) >= 11 is 5.59. The lowest BCUT2D eigenvalue weighted by atomic mass is 10.2. The van der Waals surface area contributed by atoms with Gasteiger partial charge in [0.2, 0.25) is 5.88 Å². The Balaban J connectivity index is 2.28. The molecule has 6 heteroatoms. The van der Waals surface area contributed by atoms with Gasteiger partial charge in [0.25, 0.3) is 0 Å². The Labute approximate surface area is 112 Å².